The molecule has 2 heterocycles. The Balaban J connectivity index is 1.66. The van der Waals surface area contributed by atoms with E-state index in [1.165, 1.54) is 11.1 Å². The number of rotatable bonds is 5. The molecule has 0 bridgehead atoms. The van der Waals surface area contributed by atoms with Crippen molar-refractivity contribution in [2.45, 2.75) is 26.7 Å². The molecule has 1 saturated heterocycles. The van der Waals surface area contributed by atoms with Gasteiger partial charge in [-0.15, -0.1) is 0 Å². The highest BCUT2D eigenvalue weighted by molar-refractivity contribution is 5.98. The monoisotopic (exact) mass is 382 g/mol. The van der Waals surface area contributed by atoms with E-state index in [9.17, 15) is 4.79 Å². The molecule has 1 aromatic carbocycles. The van der Waals surface area contributed by atoms with Crippen molar-refractivity contribution in [2.75, 3.05) is 37.6 Å². The number of piperazine rings is 1. The van der Waals surface area contributed by atoms with Gasteiger partial charge in [0, 0.05) is 45.3 Å². The maximum absolute atomic E-state index is 12.7. The molecule has 0 saturated carbocycles. The molecular formula is C21H30N6O. The first-order valence-electron chi connectivity index (χ1n) is 9.86. The molecule has 3 rings (SSSR count). The molecule has 7 nitrogen and oxygen atoms in total. The molecule has 1 amide bonds. The summed E-state index contributed by atoms with van der Waals surface area (Å²) in [6.45, 7) is 9.49. The Bertz CT molecular complexity index is 843. The summed E-state index contributed by atoms with van der Waals surface area (Å²) < 4.78 is 1.72. The van der Waals surface area contributed by atoms with E-state index in [1.54, 1.807) is 15.8 Å². The lowest BCUT2D eigenvalue weighted by molar-refractivity contribution is -0.120. The molecule has 1 unspecified atom stereocenters. The number of aromatic nitrogens is 2. The minimum atomic E-state index is 0.0663. The zero-order chi connectivity index (χ0) is 20.1. The van der Waals surface area contributed by atoms with Crippen molar-refractivity contribution < 1.29 is 4.79 Å². The second kappa shape index (κ2) is 8.91. The highest BCUT2D eigenvalue weighted by Gasteiger charge is 2.27. The van der Waals surface area contributed by atoms with Gasteiger partial charge in [-0.05, 0) is 19.4 Å². The molecule has 28 heavy (non-hydrogen) atoms. The van der Waals surface area contributed by atoms with Gasteiger partial charge in [-0.3, -0.25) is 14.5 Å². The molecule has 1 aliphatic heterocycles. The average molecular weight is 383 g/mol. The number of nitrogens with zero attached hydrogens (tertiary/aromatic N) is 5. The zero-order valence-corrected chi connectivity index (χ0v) is 17.2. The van der Waals surface area contributed by atoms with Crippen LogP contribution in [0.3, 0.4) is 0 Å². The van der Waals surface area contributed by atoms with Gasteiger partial charge in [-0.25, -0.2) is 0 Å². The SMILES string of the molecule is CCNC(=NCC(C)c1cccc(C)c1)N1CCN(c2cnn(C)c2)C(=O)C1. The molecule has 0 spiro atoms. The van der Waals surface area contributed by atoms with Gasteiger partial charge in [0.1, 0.15) is 6.54 Å². The van der Waals surface area contributed by atoms with E-state index in [0.717, 1.165) is 24.7 Å². The van der Waals surface area contributed by atoms with Crippen LogP contribution < -0.4 is 10.2 Å². The number of anilines is 1. The first-order valence-corrected chi connectivity index (χ1v) is 9.86. The predicted molar refractivity (Wildman–Crippen MR) is 113 cm³/mol. The van der Waals surface area contributed by atoms with Crippen LogP contribution in [0.5, 0.6) is 0 Å². The second-order valence-electron chi connectivity index (χ2n) is 7.35. The Morgan fingerprint density at radius 3 is 2.82 bits per heavy atom. The highest BCUT2D eigenvalue weighted by Crippen LogP contribution is 2.18. The Morgan fingerprint density at radius 1 is 1.36 bits per heavy atom. The molecule has 1 aromatic heterocycles. The Hall–Kier alpha value is -2.83. The van der Waals surface area contributed by atoms with Crippen molar-refractivity contribution in [2.24, 2.45) is 12.0 Å². The topological polar surface area (TPSA) is 65.8 Å². The lowest BCUT2D eigenvalue weighted by Crippen LogP contribution is -2.55. The third kappa shape index (κ3) is 4.71. The molecular weight excluding hydrogens is 352 g/mol. The zero-order valence-electron chi connectivity index (χ0n) is 17.2. The Morgan fingerprint density at radius 2 is 2.18 bits per heavy atom. The molecule has 0 aliphatic carbocycles. The number of carbonyl (C=O) groups excluding carboxylic acids is 1. The van der Waals surface area contributed by atoms with Crippen LogP contribution in [0.2, 0.25) is 0 Å². The lowest BCUT2D eigenvalue weighted by atomic mass is 10.00. The summed E-state index contributed by atoms with van der Waals surface area (Å²) in [6, 6.07) is 8.56. The summed E-state index contributed by atoms with van der Waals surface area (Å²) in [4.78, 5) is 21.3. The number of guanidine groups is 1. The molecule has 1 N–H and O–H groups in total. The lowest BCUT2D eigenvalue weighted by Gasteiger charge is -2.35. The first-order chi connectivity index (χ1) is 13.5. The van der Waals surface area contributed by atoms with E-state index in [1.807, 2.05) is 25.1 Å². The maximum Gasteiger partial charge on any atom is 0.246 e. The number of hydrogen-bond acceptors (Lipinski definition) is 3. The summed E-state index contributed by atoms with van der Waals surface area (Å²) in [5.74, 6) is 1.19. The largest absolute Gasteiger partial charge is 0.357 e. The number of aliphatic imine (C=N–C) groups is 1. The second-order valence-corrected chi connectivity index (χ2v) is 7.35. The predicted octanol–water partition coefficient (Wildman–Crippen LogP) is 2.15. The summed E-state index contributed by atoms with van der Waals surface area (Å²) in [6.07, 6.45) is 3.60. The van der Waals surface area contributed by atoms with Crippen molar-refractivity contribution >= 4 is 17.6 Å². The summed E-state index contributed by atoms with van der Waals surface area (Å²) >= 11 is 0. The molecule has 0 radical (unpaired) electrons. The number of benzene rings is 1. The van der Waals surface area contributed by atoms with E-state index in [-0.39, 0.29) is 5.91 Å². The van der Waals surface area contributed by atoms with E-state index < -0.39 is 0 Å². The fraction of sp³-hybridized carbons (Fsp3) is 0.476. The minimum Gasteiger partial charge on any atom is -0.357 e. The molecule has 1 aliphatic rings. The third-order valence-electron chi connectivity index (χ3n) is 4.98. The summed E-state index contributed by atoms with van der Waals surface area (Å²) in [5, 5.41) is 7.51. The van der Waals surface area contributed by atoms with Gasteiger partial charge >= 0.3 is 0 Å². The number of aryl methyl sites for hydroxylation is 2. The third-order valence-corrected chi connectivity index (χ3v) is 4.98. The fourth-order valence-corrected chi connectivity index (χ4v) is 3.41. The van der Waals surface area contributed by atoms with Gasteiger partial charge in [0.05, 0.1) is 11.9 Å². The van der Waals surface area contributed by atoms with Crippen molar-refractivity contribution in [1.82, 2.24) is 20.0 Å². The number of nitrogens with one attached hydrogen (secondary N) is 1. The van der Waals surface area contributed by atoms with Crippen LogP contribution in [0.25, 0.3) is 0 Å². The van der Waals surface area contributed by atoms with E-state index in [4.69, 9.17) is 4.99 Å². The van der Waals surface area contributed by atoms with Gasteiger partial charge in [0.15, 0.2) is 5.96 Å². The van der Waals surface area contributed by atoms with Crippen LogP contribution in [0.15, 0.2) is 41.7 Å². The molecule has 150 valence electrons. The standard InChI is InChI=1S/C21H30N6O/c1-5-22-21(23-12-17(3)18-8-6-7-16(2)11-18)26-9-10-27(20(28)15-26)19-13-24-25(4)14-19/h6-8,11,13-14,17H,5,9-10,12,15H2,1-4H3,(H,22,23). The van der Waals surface area contributed by atoms with E-state index >= 15 is 0 Å². The van der Waals surface area contributed by atoms with Crippen LogP contribution in [-0.4, -0.2) is 59.3 Å². The van der Waals surface area contributed by atoms with Gasteiger partial charge in [0.25, 0.3) is 0 Å². The summed E-state index contributed by atoms with van der Waals surface area (Å²) in [5.41, 5.74) is 3.40. The maximum atomic E-state index is 12.7. The van der Waals surface area contributed by atoms with E-state index in [0.29, 0.717) is 25.6 Å². The molecule has 2 aromatic rings. The quantitative estimate of drug-likeness (QED) is 0.636. The normalized spacial score (nSPS) is 16.4. The Kier molecular flexibility index (Phi) is 6.34. The molecule has 1 atom stereocenters. The molecule has 7 heteroatoms. The number of carbonyl (C=O) groups is 1. The average Bonchev–Trinajstić information content (AvgIpc) is 3.10. The van der Waals surface area contributed by atoms with Crippen LogP contribution >= 0.6 is 0 Å². The van der Waals surface area contributed by atoms with E-state index in [2.05, 4.69) is 48.5 Å². The van der Waals surface area contributed by atoms with Crippen LogP contribution in [0, 0.1) is 6.92 Å². The van der Waals surface area contributed by atoms with Gasteiger partial charge in [0.2, 0.25) is 5.91 Å². The van der Waals surface area contributed by atoms with Crippen LogP contribution in [0.4, 0.5) is 5.69 Å². The smallest absolute Gasteiger partial charge is 0.246 e. The van der Waals surface area contributed by atoms with Gasteiger partial charge in [-0.2, -0.15) is 5.10 Å². The van der Waals surface area contributed by atoms with Gasteiger partial charge in [-0.1, -0.05) is 36.8 Å². The van der Waals surface area contributed by atoms with Crippen molar-refractivity contribution in [3.05, 3.63) is 47.8 Å². The first kappa shape index (κ1) is 19.9. The molecule has 1 fully saturated rings. The fourth-order valence-electron chi connectivity index (χ4n) is 3.41. The van der Waals surface area contributed by atoms with Crippen molar-refractivity contribution in [3.63, 3.8) is 0 Å². The van der Waals surface area contributed by atoms with Crippen molar-refractivity contribution in [1.29, 1.82) is 0 Å². The number of amides is 1. The van der Waals surface area contributed by atoms with Crippen LogP contribution in [0.1, 0.15) is 30.9 Å². The van der Waals surface area contributed by atoms with Gasteiger partial charge < -0.3 is 15.1 Å². The number of hydrogen-bond donors (Lipinski definition) is 1. The Labute approximate surface area is 167 Å². The van der Waals surface area contributed by atoms with Crippen molar-refractivity contribution in [3.8, 4) is 0 Å². The highest BCUT2D eigenvalue weighted by atomic mass is 16.2. The minimum absolute atomic E-state index is 0.0663. The summed E-state index contributed by atoms with van der Waals surface area (Å²) in [7, 11) is 1.86. The van der Waals surface area contributed by atoms with Crippen LogP contribution in [-0.2, 0) is 11.8 Å².